The fourth-order valence-corrected chi connectivity index (χ4v) is 1.66. The van der Waals surface area contributed by atoms with Crippen LogP contribution in [0.3, 0.4) is 0 Å². The summed E-state index contributed by atoms with van der Waals surface area (Å²) in [5.74, 6) is 0.756. The van der Waals surface area contributed by atoms with Crippen molar-refractivity contribution < 1.29 is 0 Å². The summed E-state index contributed by atoms with van der Waals surface area (Å²) in [5, 5.41) is 6.77. The van der Waals surface area contributed by atoms with Crippen LogP contribution in [0.25, 0.3) is 0 Å². The van der Waals surface area contributed by atoms with E-state index in [4.69, 9.17) is 12.2 Å². The molecule has 0 atom stereocenters. The van der Waals surface area contributed by atoms with Gasteiger partial charge in [-0.2, -0.15) is 0 Å². The summed E-state index contributed by atoms with van der Waals surface area (Å²) in [7, 11) is 0. The van der Waals surface area contributed by atoms with Crippen LogP contribution in [0.15, 0.2) is 48.7 Å². The molecule has 4 heteroatoms. The zero-order valence-corrected chi connectivity index (χ0v) is 11.0. The maximum Gasteiger partial charge on any atom is 0.172 e. The molecule has 0 saturated carbocycles. The summed E-state index contributed by atoms with van der Waals surface area (Å²) in [6.07, 6.45) is 1.81. The highest BCUT2D eigenvalue weighted by atomic mass is 32.1. The molecule has 0 spiro atoms. The van der Waals surface area contributed by atoms with Crippen LogP contribution in [-0.4, -0.2) is 10.1 Å². The highest BCUT2D eigenvalue weighted by molar-refractivity contribution is 7.80. The predicted octanol–water partition coefficient (Wildman–Crippen LogP) is 2.88. The Hall–Kier alpha value is -1.94. The molecule has 3 nitrogen and oxygen atoms in total. The fraction of sp³-hybridized carbons (Fsp3) is 0.143. The average molecular weight is 257 g/mol. The van der Waals surface area contributed by atoms with Gasteiger partial charge in [0.15, 0.2) is 5.11 Å². The van der Waals surface area contributed by atoms with E-state index in [-0.39, 0.29) is 0 Å². The van der Waals surface area contributed by atoms with Crippen LogP contribution in [0, 0.1) is 6.92 Å². The van der Waals surface area contributed by atoms with Crippen molar-refractivity contribution in [3.8, 4) is 0 Å². The van der Waals surface area contributed by atoms with Gasteiger partial charge < -0.3 is 10.6 Å². The van der Waals surface area contributed by atoms with E-state index in [0.29, 0.717) is 11.7 Å². The number of thiocarbonyl (C=S) groups is 1. The van der Waals surface area contributed by atoms with Gasteiger partial charge in [-0.25, -0.2) is 4.98 Å². The molecule has 92 valence electrons. The van der Waals surface area contributed by atoms with E-state index in [2.05, 4.69) is 27.8 Å². The molecule has 1 aromatic carbocycles. The van der Waals surface area contributed by atoms with Gasteiger partial charge in [-0.1, -0.05) is 36.4 Å². The second-order valence-electron chi connectivity index (χ2n) is 4.01. The van der Waals surface area contributed by atoms with E-state index < -0.39 is 0 Å². The largest absolute Gasteiger partial charge is 0.358 e. The van der Waals surface area contributed by atoms with Gasteiger partial charge in [0.2, 0.25) is 0 Å². The number of nitrogens with one attached hydrogen (secondary N) is 2. The number of benzene rings is 1. The number of hydrogen-bond acceptors (Lipinski definition) is 2. The van der Waals surface area contributed by atoms with E-state index >= 15 is 0 Å². The Bertz CT molecular complexity index is 508. The molecule has 0 fully saturated rings. The van der Waals surface area contributed by atoms with E-state index in [9.17, 15) is 0 Å². The molecule has 0 aliphatic rings. The maximum atomic E-state index is 5.21. The third kappa shape index (κ3) is 3.82. The Morgan fingerprint density at radius 3 is 2.61 bits per heavy atom. The number of hydrogen-bond donors (Lipinski definition) is 2. The Morgan fingerprint density at radius 1 is 1.17 bits per heavy atom. The second kappa shape index (κ2) is 6.12. The zero-order chi connectivity index (χ0) is 12.8. The van der Waals surface area contributed by atoms with Crippen LogP contribution in [0.4, 0.5) is 5.82 Å². The molecule has 2 rings (SSSR count). The lowest BCUT2D eigenvalue weighted by atomic mass is 10.2. The van der Waals surface area contributed by atoms with E-state index in [1.165, 1.54) is 5.56 Å². The average Bonchev–Trinajstić information content (AvgIpc) is 2.40. The molecular weight excluding hydrogens is 242 g/mol. The highest BCUT2D eigenvalue weighted by Gasteiger charge is 1.98. The summed E-state index contributed by atoms with van der Waals surface area (Å²) in [5.41, 5.74) is 2.32. The van der Waals surface area contributed by atoms with Crippen LogP contribution < -0.4 is 10.6 Å². The minimum Gasteiger partial charge on any atom is -0.358 e. The smallest absolute Gasteiger partial charge is 0.172 e. The topological polar surface area (TPSA) is 37.0 Å². The van der Waals surface area contributed by atoms with E-state index in [1.54, 1.807) is 0 Å². The normalized spacial score (nSPS) is 9.83. The molecule has 2 aromatic rings. The maximum absolute atomic E-state index is 5.21. The lowest BCUT2D eigenvalue weighted by Gasteiger charge is -2.09. The van der Waals surface area contributed by atoms with Crippen LogP contribution >= 0.6 is 12.2 Å². The summed E-state index contributed by atoms with van der Waals surface area (Å²) in [6, 6.07) is 14.0. The van der Waals surface area contributed by atoms with Crippen LogP contribution in [0.5, 0.6) is 0 Å². The van der Waals surface area contributed by atoms with Crippen LogP contribution in [-0.2, 0) is 6.54 Å². The number of aromatic nitrogens is 1. The standard InChI is InChI=1S/C14H15N3S/c1-11-7-8-13(15-9-11)17-14(18)16-10-12-5-3-2-4-6-12/h2-9H,10H2,1H3,(H2,15,16,17,18). The third-order valence-corrected chi connectivity index (χ3v) is 2.70. The molecular formula is C14H15N3S. The molecule has 1 aromatic heterocycles. The van der Waals surface area contributed by atoms with Crippen LogP contribution in [0.1, 0.15) is 11.1 Å². The van der Waals surface area contributed by atoms with Crippen molar-refractivity contribution in [3.63, 3.8) is 0 Å². The summed E-state index contributed by atoms with van der Waals surface area (Å²) >= 11 is 5.21. The van der Waals surface area contributed by atoms with Gasteiger partial charge in [0.1, 0.15) is 5.82 Å². The SMILES string of the molecule is Cc1ccc(NC(=S)NCc2ccccc2)nc1. The molecule has 2 N–H and O–H groups in total. The molecule has 0 saturated heterocycles. The minimum absolute atomic E-state index is 0.579. The molecule has 0 unspecified atom stereocenters. The molecule has 0 aliphatic carbocycles. The first-order chi connectivity index (χ1) is 8.74. The number of anilines is 1. The fourth-order valence-electron chi connectivity index (χ4n) is 1.48. The van der Waals surface area contributed by atoms with Gasteiger partial charge >= 0.3 is 0 Å². The monoisotopic (exact) mass is 257 g/mol. The van der Waals surface area contributed by atoms with Gasteiger partial charge in [0.25, 0.3) is 0 Å². The van der Waals surface area contributed by atoms with Gasteiger partial charge in [0.05, 0.1) is 0 Å². The first-order valence-electron chi connectivity index (χ1n) is 5.75. The van der Waals surface area contributed by atoms with Crippen LogP contribution in [0.2, 0.25) is 0 Å². The van der Waals surface area contributed by atoms with Crippen molar-refractivity contribution in [2.24, 2.45) is 0 Å². The Balaban J connectivity index is 1.84. The molecule has 1 heterocycles. The highest BCUT2D eigenvalue weighted by Crippen LogP contribution is 2.04. The predicted molar refractivity (Wildman–Crippen MR) is 78.5 cm³/mol. The number of pyridine rings is 1. The molecule has 0 aliphatic heterocycles. The van der Waals surface area contributed by atoms with Crippen molar-refractivity contribution in [1.82, 2.24) is 10.3 Å². The number of nitrogens with zero attached hydrogens (tertiary/aromatic N) is 1. The molecule has 0 bridgehead atoms. The first kappa shape index (κ1) is 12.5. The van der Waals surface area contributed by atoms with Gasteiger partial charge in [-0.05, 0) is 36.3 Å². The Kier molecular flexibility index (Phi) is 4.25. The Labute approximate surface area is 112 Å². The van der Waals surface area contributed by atoms with Crippen molar-refractivity contribution in [3.05, 3.63) is 59.8 Å². The summed E-state index contributed by atoms with van der Waals surface area (Å²) < 4.78 is 0. The van der Waals surface area contributed by atoms with E-state index in [1.807, 2.05) is 43.5 Å². The van der Waals surface area contributed by atoms with E-state index in [0.717, 1.165) is 11.4 Å². The quantitative estimate of drug-likeness (QED) is 0.829. The van der Waals surface area contributed by atoms with Crippen molar-refractivity contribution in [2.45, 2.75) is 13.5 Å². The molecule has 0 amide bonds. The summed E-state index contributed by atoms with van der Waals surface area (Å²) in [4.78, 5) is 4.23. The van der Waals surface area contributed by atoms with Gasteiger partial charge in [-0.3, -0.25) is 0 Å². The summed E-state index contributed by atoms with van der Waals surface area (Å²) in [6.45, 7) is 2.71. The first-order valence-corrected chi connectivity index (χ1v) is 6.16. The Morgan fingerprint density at radius 2 is 1.94 bits per heavy atom. The van der Waals surface area contributed by atoms with Crippen molar-refractivity contribution >= 4 is 23.1 Å². The van der Waals surface area contributed by atoms with Crippen molar-refractivity contribution in [2.75, 3.05) is 5.32 Å². The minimum atomic E-state index is 0.579. The molecule has 0 radical (unpaired) electrons. The van der Waals surface area contributed by atoms with Gasteiger partial charge in [0, 0.05) is 12.7 Å². The van der Waals surface area contributed by atoms with Gasteiger partial charge in [-0.15, -0.1) is 0 Å². The number of aryl methyl sites for hydroxylation is 1. The lowest BCUT2D eigenvalue weighted by Crippen LogP contribution is -2.28. The number of rotatable bonds is 3. The lowest BCUT2D eigenvalue weighted by molar-refractivity contribution is 0.925. The second-order valence-corrected chi connectivity index (χ2v) is 4.42. The zero-order valence-electron chi connectivity index (χ0n) is 10.2. The molecule has 18 heavy (non-hydrogen) atoms. The third-order valence-electron chi connectivity index (χ3n) is 2.45. The van der Waals surface area contributed by atoms with Crippen molar-refractivity contribution in [1.29, 1.82) is 0 Å².